The first-order chi connectivity index (χ1) is 10.2. The summed E-state index contributed by atoms with van der Waals surface area (Å²) in [6.45, 7) is 5.93. The van der Waals surface area contributed by atoms with E-state index in [4.69, 9.17) is 14.2 Å². The highest BCUT2D eigenvalue weighted by Gasteiger charge is 2.61. The lowest BCUT2D eigenvalue weighted by Gasteiger charge is -2.30. The van der Waals surface area contributed by atoms with Gasteiger partial charge in [0.15, 0.2) is 11.7 Å². The predicted octanol–water partition coefficient (Wildman–Crippen LogP) is 1.61. The third kappa shape index (κ3) is 3.72. The summed E-state index contributed by atoms with van der Waals surface area (Å²) in [5.74, 6) is -1.50. The van der Waals surface area contributed by atoms with Crippen LogP contribution in [0.1, 0.15) is 20.3 Å². The number of rotatable bonds is 4. The smallest absolute Gasteiger partial charge is 0.417 e. The van der Waals surface area contributed by atoms with Crippen LogP contribution >= 0.6 is 0 Å². The molecule has 128 valence electrons. The first-order valence-electron chi connectivity index (χ1n) is 7.45. The standard InChI is InChI=1S/C14H22F3NO4/c1-10-9-11(22-13(10,2)14(15,16)17)12(19)21-8-5-18-3-6-20-7-4-18/h10-11H,3-9H2,1-2H3. The molecule has 2 heterocycles. The van der Waals surface area contributed by atoms with E-state index in [0.717, 1.165) is 20.0 Å². The summed E-state index contributed by atoms with van der Waals surface area (Å²) in [7, 11) is 0. The molecule has 0 radical (unpaired) electrons. The van der Waals surface area contributed by atoms with E-state index in [-0.39, 0.29) is 13.0 Å². The summed E-state index contributed by atoms with van der Waals surface area (Å²) in [6.07, 6.45) is -5.63. The molecule has 2 aliphatic heterocycles. The van der Waals surface area contributed by atoms with Gasteiger partial charge >= 0.3 is 12.1 Å². The number of morpholine rings is 1. The van der Waals surface area contributed by atoms with E-state index in [2.05, 4.69) is 4.90 Å². The fourth-order valence-electron chi connectivity index (χ4n) is 2.69. The molecule has 0 aromatic carbocycles. The summed E-state index contributed by atoms with van der Waals surface area (Å²) in [6, 6.07) is 0. The second kappa shape index (κ2) is 6.72. The van der Waals surface area contributed by atoms with Gasteiger partial charge in [0.05, 0.1) is 13.2 Å². The van der Waals surface area contributed by atoms with Crippen molar-refractivity contribution in [2.75, 3.05) is 39.5 Å². The minimum Gasteiger partial charge on any atom is -0.462 e. The zero-order valence-electron chi connectivity index (χ0n) is 12.8. The van der Waals surface area contributed by atoms with Gasteiger partial charge in [0.2, 0.25) is 0 Å². The Labute approximate surface area is 127 Å². The molecule has 8 heteroatoms. The number of carbonyl (C=O) groups is 1. The Morgan fingerprint density at radius 2 is 2.00 bits per heavy atom. The lowest BCUT2D eigenvalue weighted by molar-refractivity contribution is -0.274. The number of hydrogen-bond donors (Lipinski definition) is 0. The average Bonchev–Trinajstić information content (AvgIpc) is 2.77. The van der Waals surface area contributed by atoms with E-state index in [1.807, 2.05) is 0 Å². The third-order valence-corrected chi connectivity index (χ3v) is 4.48. The highest BCUT2D eigenvalue weighted by molar-refractivity contribution is 5.75. The Morgan fingerprint density at radius 1 is 1.36 bits per heavy atom. The number of carbonyl (C=O) groups excluding carboxylic acids is 1. The maximum atomic E-state index is 13.0. The van der Waals surface area contributed by atoms with Gasteiger partial charge in [-0.2, -0.15) is 13.2 Å². The number of halogens is 3. The number of alkyl halides is 3. The number of nitrogens with zero attached hydrogens (tertiary/aromatic N) is 1. The van der Waals surface area contributed by atoms with E-state index in [1.54, 1.807) is 0 Å². The topological polar surface area (TPSA) is 48.0 Å². The molecule has 0 amide bonds. The lowest BCUT2D eigenvalue weighted by atomic mass is 9.89. The predicted molar refractivity (Wildman–Crippen MR) is 71.3 cm³/mol. The van der Waals surface area contributed by atoms with Crippen molar-refractivity contribution in [3.63, 3.8) is 0 Å². The van der Waals surface area contributed by atoms with Gasteiger partial charge in [-0.15, -0.1) is 0 Å². The van der Waals surface area contributed by atoms with Crippen LogP contribution in [-0.2, 0) is 19.0 Å². The molecule has 0 aromatic heterocycles. The van der Waals surface area contributed by atoms with Gasteiger partial charge in [0.1, 0.15) is 6.61 Å². The monoisotopic (exact) mass is 325 g/mol. The third-order valence-electron chi connectivity index (χ3n) is 4.48. The van der Waals surface area contributed by atoms with E-state index < -0.39 is 29.8 Å². The van der Waals surface area contributed by atoms with Crippen molar-refractivity contribution in [2.24, 2.45) is 5.92 Å². The molecule has 0 aromatic rings. The van der Waals surface area contributed by atoms with Crippen LogP contribution in [0.5, 0.6) is 0 Å². The zero-order chi connectivity index (χ0) is 16.4. The normalized spacial score (nSPS) is 33.9. The highest BCUT2D eigenvalue weighted by Crippen LogP contribution is 2.46. The molecule has 22 heavy (non-hydrogen) atoms. The summed E-state index contributed by atoms with van der Waals surface area (Å²) in [4.78, 5) is 14.0. The van der Waals surface area contributed by atoms with Crippen molar-refractivity contribution in [3.8, 4) is 0 Å². The van der Waals surface area contributed by atoms with Gasteiger partial charge in [-0.3, -0.25) is 4.90 Å². The van der Waals surface area contributed by atoms with Gasteiger partial charge in [-0.05, 0) is 19.3 Å². The molecule has 2 saturated heterocycles. The van der Waals surface area contributed by atoms with Crippen molar-refractivity contribution in [1.29, 1.82) is 0 Å². The summed E-state index contributed by atoms with van der Waals surface area (Å²) in [5.41, 5.74) is -2.29. The first-order valence-corrected chi connectivity index (χ1v) is 7.45. The van der Waals surface area contributed by atoms with Crippen molar-refractivity contribution in [1.82, 2.24) is 4.90 Å². The molecule has 5 nitrogen and oxygen atoms in total. The Hall–Kier alpha value is -0.860. The van der Waals surface area contributed by atoms with Crippen molar-refractivity contribution >= 4 is 5.97 Å². The van der Waals surface area contributed by atoms with Crippen LogP contribution < -0.4 is 0 Å². The minimum atomic E-state index is -4.50. The molecule has 3 unspecified atom stereocenters. The molecular weight excluding hydrogens is 303 g/mol. The Morgan fingerprint density at radius 3 is 2.55 bits per heavy atom. The molecule has 2 fully saturated rings. The van der Waals surface area contributed by atoms with Gasteiger partial charge in [0, 0.05) is 19.6 Å². The fourth-order valence-corrected chi connectivity index (χ4v) is 2.69. The molecule has 0 saturated carbocycles. The Kier molecular flexibility index (Phi) is 5.34. The summed E-state index contributed by atoms with van der Waals surface area (Å²) >= 11 is 0. The highest BCUT2D eigenvalue weighted by atomic mass is 19.4. The Balaban J connectivity index is 1.79. The van der Waals surface area contributed by atoms with Gasteiger partial charge in [-0.25, -0.2) is 4.79 Å². The molecule has 2 rings (SSSR count). The number of ether oxygens (including phenoxy) is 3. The second-order valence-electron chi connectivity index (χ2n) is 5.97. The summed E-state index contributed by atoms with van der Waals surface area (Å²) < 4.78 is 54.4. The second-order valence-corrected chi connectivity index (χ2v) is 5.97. The Bertz CT molecular complexity index is 398. The zero-order valence-corrected chi connectivity index (χ0v) is 12.8. The van der Waals surface area contributed by atoms with Crippen molar-refractivity contribution in [2.45, 2.75) is 38.1 Å². The quantitative estimate of drug-likeness (QED) is 0.735. The maximum Gasteiger partial charge on any atom is 0.417 e. The number of esters is 1. The van der Waals surface area contributed by atoms with Crippen LogP contribution in [0.25, 0.3) is 0 Å². The average molecular weight is 325 g/mol. The molecule has 3 atom stereocenters. The summed E-state index contributed by atoms with van der Waals surface area (Å²) in [5, 5.41) is 0. The van der Waals surface area contributed by atoms with E-state index in [9.17, 15) is 18.0 Å². The molecule has 0 aliphatic carbocycles. The van der Waals surface area contributed by atoms with Crippen LogP contribution in [0.2, 0.25) is 0 Å². The molecule has 0 bridgehead atoms. The maximum absolute atomic E-state index is 13.0. The van der Waals surface area contributed by atoms with Crippen LogP contribution in [-0.4, -0.2) is 68.2 Å². The van der Waals surface area contributed by atoms with Crippen LogP contribution in [0.15, 0.2) is 0 Å². The largest absolute Gasteiger partial charge is 0.462 e. The SMILES string of the molecule is CC1CC(C(=O)OCCN2CCOCC2)OC1(C)C(F)(F)F. The first kappa shape index (κ1) is 17.5. The molecule has 0 N–H and O–H groups in total. The van der Waals surface area contributed by atoms with E-state index >= 15 is 0 Å². The number of hydrogen-bond acceptors (Lipinski definition) is 5. The van der Waals surface area contributed by atoms with Crippen LogP contribution in [0.3, 0.4) is 0 Å². The van der Waals surface area contributed by atoms with Crippen molar-refractivity contribution in [3.05, 3.63) is 0 Å². The van der Waals surface area contributed by atoms with E-state index in [0.29, 0.717) is 19.8 Å². The minimum absolute atomic E-state index is 0.0202. The molecular formula is C14H22F3NO4. The van der Waals surface area contributed by atoms with Gasteiger partial charge in [0.25, 0.3) is 0 Å². The van der Waals surface area contributed by atoms with E-state index in [1.165, 1.54) is 6.92 Å². The molecule has 2 aliphatic rings. The fraction of sp³-hybridized carbons (Fsp3) is 0.929. The van der Waals surface area contributed by atoms with Gasteiger partial charge < -0.3 is 14.2 Å². The molecule has 0 spiro atoms. The van der Waals surface area contributed by atoms with Crippen molar-refractivity contribution < 1.29 is 32.2 Å². The van der Waals surface area contributed by atoms with Crippen LogP contribution in [0.4, 0.5) is 13.2 Å². The van der Waals surface area contributed by atoms with Crippen LogP contribution in [0, 0.1) is 5.92 Å². The lowest BCUT2D eigenvalue weighted by Crippen LogP contribution is -2.47. The van der Waals surface area contributed by atoms with Gasteiger partial charge in [-0.1, -0.05) is 6.92 Å².